The highest BCUT2D eigenvalue weighted by atomic mass is 32.1. The van der Waals surface area contributed by atoms with E-state index >= 15 is 0 Å². The Labute approximate surface area is 116 Å². The number of primary amides is 1. The predicted octanol–water partition coefficient (Wildman–Crippen LogP) is 1.87. The van der Waals surface area contributed by atoms with Crippen LogP contribution in [0.5, 0.6) is 0 Å². The molecule has 0 bridgehead atoms. The summed E-state index contributed by atoms with van der Waals surface area (Å²) < 4.78 is 0. The number of likely N-dealkylation sites (tertiary alicyclic amines) is 1. The molecule has 0 saturated carbocycles. The molecule has 0 radical (unpaired) electrons. The molecule has 2 atom stereocenters. The number of thiophene rings is 1. The molecule has 19 heavy (non-hydrogen) atoms. The van der Waals surface area contributed by atoms with Crippen molar-refractivity contribution < 1.29 is 9.59 Å². The zero-order valence-electron chi connectivity index (χ0n) is 10.9. The first-order valence-corrected chi connectivity index (χ1v) is 7.27. The Kier molecular flexibility index (Phi) is 4.37. The van der Waals surface area contributed by atoms with E-state index < -0.39 is 0 Å². The van der Waals surface area contributed by atoms with Crippen LogP contribution in [0, 0.1) is 5.92 Å². The Hall–Kier alpha value is -1.62. The lowest BCUT2D eigenvalue weighted by atomic mass is 9.93. The van der Waals surface area contributed by atoms with Gasteiger partial charge in [0.1, 0.15) is 0 Å². The van der Waals surface area contributed by atoms with Crippen LogP contribution in [0.2, 0.25) is 0 Å². The first kappa shape index (κ1) is 13.8. The summed E-state index contributed by atoms with van der Waals surface area (Å²) in [7, 11) is 0. The molecule has 4 nitrogen and oxygen atoms in total. The lowest BCUT2D eigenvalue weighted by Crippen LogP contribution is -2.48. The number of amides is 2. The molecule has 2 N–H and O–H groups in total. The molecule has 1 fully saturated rings. The third-order valence-electron chi connectivity index (χ3n) is 3.50. The van der Waals surface area contributed by atoms with Gasteiger partial charge in [0.25, 0.3) is 0 Å². The van der Waals surface area contributed by atoms with Gasteiger partial charge in [0.2, 0.25) is 11.8 Å². The lowest BCUT2D eigenvalue weighted by Gasteiger charge is -2.36. The van der Waals surface area contributed by atoms with Crippen LogP contribution < -0.4 is 5.73 Å². The Bertz CT molecular complexity index is 482. The quantitative estimate of drug-likeness (QED) is 0.858. The van der Waals surface area contributed by atoms with Gasteiger partial charge in [-0.05, 0) is 37.3 Å². The van der Waals surface area contributed by atoms with Crippen molar-refractivity contribution in [2.75, 3.05) is 6.54 Å². The first-order chi connectivity index (χ1) is 9.08. The number of carbonyl (C=O) groups excluding carboxylic acids is 2. The van der Waals surface area contributed by atoms with Gasteiger partial charge in [0.05, 0.1) is 5.92 Å². The first-order valence-electron chi connectivity index (χ1n) is 6.39. The van der Waals surface area contributed by atoms with Gasteiger partial charge >= 0.3 is 0 Å². The van der Waals surface area contributed by atoms with Crippen LogP contribution >= 0.6 is 11.3 Å². The average Bonchev–Trinajstić information content (AvgIpc) is 2.89. The fourth-order valence-corrected chi connectivity index (χ4v) is 2.90. The summed E-state index contributed by atoms with van der Waals surface area (Å²) in [5.74, 6) is -0.575. The van der Waals surface area contributed by atoms with Crippen molar-refractivity contribution in [2.45, 2.75) is 25.8 Å². The lowest BCUT2D eigenvalue weighted by molar-refractivity contribution is -0.133. The van der Waals surface area contributed by atoms with Gasteiger partial charge < -0.3 is 10.6 Å². The van der Waals surface area contributed by atoms with E-state index in [9.17, 15) is 9.59 Å². The van der Waals surface area contributed by atoms with E-state index in [2.05, 4.69) is 0 Å². The second-order valence-electron chi connectivity index (χ2n) is 4.87. The van der Waals surface area contributed by atoms with E-state index in [4.69, 9.17) is 5.73 Å². The van der Waals surface area contributed by atoms with Crippen LogP contribution in [0.15, 0.2) is 23.6 Å². The minimum atomic E-state index is -0.313. The molecule has 0 unspecified atom stereocenters. The minimum absolute atomic E-state index is 0.0492. The summed E-state index contributed by atoms with van der Waals surface area (Å²) >= 11 is 1.59. The van der Waals surface area contributed by atoms with Crippen LogP contribution in [-0.4, -0.2) is 29.3 Å². The van der Waals surface area contributed by atoms with Crippen molar-refractivity contribution in [1.29, 1.82) is 0 Å². The highest BCUT2D eigenvalue weighted by Crippen LogP contribution is 2.22. The molecule has 1 aliphatic rings. The van der Waals surface area contributed by atoms with Crippen LogP contribution in [0.4, 0.5) is 0 Å². The molecule has 2 rings (SSSR count). The monoisotopic (exact) mass is 278 g/mol. The van der Waals surface area contributed by atoms with Gasteiger partial charge in [-0.25, -0.2) is 0 Å². The maximum absolute atomic E-state index is 12.2. The Balaban J connectivity index is 2.02. The third kappa shape index (κ3) is 3.44. The molecule has 2 heterocycles. The van der Waals surface area contributed by atoms with Crippen LogP contribution in [0.3, 0.4) is 0 Å². The van der Waals surface area contributed by atoms with Crippen LogP contribution in [0.25, 0.3) is 6.08 Å². The number of carbonyl (C=O) groups is 2. The van der Waals surface area contributed by atoms with E-state index in [0.717, 1.165) is 17.7 Å². The molecule has 1 saturated heterocycles. The Morgan fingerprint density at radius 2 is 2.26 bits per heavy atom. The molecule has 2 amide bonds. The largest absolute Gasteiger partial charge is 0.369 e. The summed E-state index contributed by atoms with van der Waals surface area (Å²) in [5, 5.41) is 1.97. The molecule has 0 aromatic carbocycles. The summed E-state index contributed by atoms with van der Waals surface area (Å²) in [5.41, 5.74) is 5.33. The number of hydrogen-bond acceptors (Lipinski definition) is 3. The molecule has 5 heteroatoms. The predicted molar refractivity (Wildman–Crippen MR) is 76.4 cm³/mol. The van der Waals surface area contributed by atoms with Crippen LogP contribution in [-0.2, 0) is 9.59 Å². The maximum atomic E-state index is 12.2. The summed E-state index contributed by atoms with van der Waals surface area (Å²) in [6, 6.07) is 4.07. The summed E-state index contributed by atoms with van der Waals surface area (Å²) in [6.07, 6.45) is 4.99. The average molecular weight is 278 g/mol. The maximum Gasteiger partial charge on any atom is 0.246 e. The second kappa shape index (κ2) is 6.02. The van der Waals surface area contributed by atoms with Crippen molar-refractivity contribution in [3.05, 3.63) is 28.5 Å². The van der Waals surface area contributed by atoms with Gasteiger partial charge in [0.15, 0.2) is 0 Å². The van der Waals surface area contributed by atoms with Crippen molar-refractivity contribution in [3.8, 4) is 0 Å². The SMILES string of the molecule is C[C@@H]1CC[C@@H](C(N)=O)CN1C(=O)/C=C\c1cccs1. The minimum Gasteiger partial charge on any atom is -0.369 e. The zero-order chi connectivity index (χ0) is 13.8. The van der Waals surface area contributed by atoms with Gasteiger partial charge in [-0.2, -0.15) is 0 Å². The summed E-state index contributed by atoms with van der Waals surface area (Å²) in [6.45, 7) is 2.44. The molecular formula is C14H18N2O2S. The van der Waals surface area contributed by atoms with E-state index in [1.54, 1.807) is 22.3 Å². The standard InChI is InChI=1S/C14H18N2O2S/c1-10-4-5-11(14(15)18)9-16(10)13(17)7-6-12-3-2-8-19-12/h2-3,6-8,10-11H,4-5,9H2,1H3,(H2,15,18)/b7-6-/t10-,11-/m1/s1. The highest BCUT2D eigenvalue weighted by molar-refractivity contribution is 7.10. The van der Waals surface area contributed by atoms with E-state index in [1.807, 2.05) is 30.5 Å². The van der Waals surface area contributed by atoms with Crippen molar-refractivity contribution in [2.24, 2.45) is 11.7 Å². The zero-order valence-corrected chi connectivity index (χ0v) is 11.7. The smallest absolute Gasteiger partial charge is 0.246 e. The highest BCUT2D eigenvalue weighted by Gasteiger charge is 2.30. The van der Waals surface area contributed by atoms with Gasteiger partial charge in [-0.3, -0.25) is 9.59 Å². The van der Waals surface area contributed by atoms with E-state index in [-0.39, 0.29) is 23.8 Å². The molecule has 1 aromatic heterocycles. The van der Waals surface area contributed by atoms with Crippen molar-refractivity contribution in [1.82, 2.24) is 4.90 Å². The molecular weight excluding hydrogens is 260 g/mol. The number of piperidine rings is 1. The van der Waals surface area contributed by atoms with Gasteiger partial charge in [-0.1, -0.05) is 6.07 Å². The topological polar surface area (TPSA) is 63.4 Å². The number of nitrogens with zero attached hydrogens (tertiary/aromatic N) is 1. The van der Waals surface area contributed by atoms with Gasteiger partial charge in [0, 0.05) is 23.5 Å². The molecule has 1 aliphatic heterocycles. The fourth-order valence-electron chi connectivity index (χ4n) is 2.28. The van der Waals surface area contributed by atoms with Crippen molar-refractivity contribution >= 4 is 29.2 Å². The number of nitrogens with two attached hydrogens (primary N) is 1. The Morgan fingerprint density at radius 3 is 2.89 bits per heavy atom. The number of rotatable bonds is 3. The normalized spacial score (nSPS) is 23.7. The molecule has 0 aliphatic carbocycles. The van der Waals surface area contributed by atoms with Crippen molar-refractivity contribution in [3.63, 3.8) is 0 Å². The summed E-state index contributed by atoms with van der Waals surface area (Å²) in [4.78, 5) is 26.2. The third-order valence-corrected chi connectivity index (χ3v) is 4.34. The molecule has 1 aromatic rings. The fraction of sp³-hybridized carbons (Fsp3) is 0.429. The molecule has 0 spiro atoms. The molecule has 102 valence electrons. The number of hydrogen-bond donors (Lipinski definition) is 1. The Morgan fingerprint density at radius 1 is 1.47 bits per heavy atom. The van der Waals surface area contributed by atoms with Gasteiger partial charge in [-0.15, -0.1) is 11.3 Å². The van der Waals surface area contributed by atoms with E-state index in [0.29, 0.717) is 6.54 Å². The van der Waals surface area contributed by atoms with Crippen LogP contribution in [0.1, 0.15) is 24.6 Å². The van der Waals surface area contributed by atoms with E-state index in [1.165, 1.54) is 0 Å². The second-order valence-corrected chi connectivity index (χ2v) is 5.84.